The van der Waals surface area contributed by atoms with E-state index >= 15 is 0 Å². The van der Waals surface area contributed by atoms with E-state index in [4.69, 9.17) is 11.6 Å². The van der Waals surface area contributed by atoms with Crippen LogP contribution in [0.3, 0.4) is 0 Å². The van der Waals surface area contributed by atoms with Crippen molar-refractivity contribution in [3.05, 3.63) is 17.0 Å². The van der Waals surface area contributed by atoms with E-state index in [1.807, 2.05) is 0 Å². The summed E-state index contributed by atoms with van der Waals surface area (Å²) in [7, 11) is 0. The van der Waals surface area contributed by atoms with E-state index in [9.17, 15) is 0 Å². The zero-order chi connectivity index (χ0) is 11.3. The summed E-state index contributed by atoms with van der Waals surface area (Å²) in [5.74, 6) is 0.988. The Hall–Kier alpha value is -0.830. The van der Waals surface area contributed by atoms with Crippen molar-refractivity contribution in [3.63, 3.8) is 0 Å². The van der Waals surface area contributed by atoms with Crippen LogP contribution in [0.25, 0.3) is 0 Å². The van der Waals surface area contributed by atoms with Gasteiger partial charge < -0.3 is 4.90 Å². The molecule has 1 aromatic rings. The first kappa shape index (κ1) is 12.2. The molecule has 0 bridgehead atoms. The van der Waals surface area contributed by atoms with Gasteiger partial charge in [0.25, 0.3) is 0 Å². The van der Waals surface area contributed by atoms with Gasteiger partial charge in [-0.1, -0.05) is 24.9 Å². The van der Waals surface area contributed by atoms with Gasteiger partial charge in [-0.3, -0.25) is 0 Å². The van der Waals surface area contributed by atoms with E-state index in [2.05, 4.69) is 35.6 Å². The topological polar surface area (TPSA) is 29.0 Å². The molecule has 1 heterocycles. The van der Waals surface area contributed by atoms with Crippen molar-refractivity contribution in [1.29, 1.82) is 0 Å². The van der Waals surface area contributed by atoms with E-state index in [-0.39, 0.29) is 0 Å². The van der Waals surface area contributed by atoms with E-state index in [1.165, 1.54) is 6.33 Å². The fourth-order valence-corrected chi connectivity index (χ4v) is 1.87. The molecule has 0 spiro atoms. The number of hydrogen-bond donors (Lipinski definition) is 0. The third-order valence-corrected chi connectivity index (χ3v) is 2.76. The van der Waals surface area contributed by atoms with Crippen molar-refractivity contribution in [2.75, 3.05) is 18.0 Å². The van der Waals surface area contributed by atoms with Gasteiger partial charge in [-0.2, -0.15) is 0 Å². The lowest BCUT2D eigenvalue weighted by atomic mass is 10.2. The minimum atomic E-state index is 0.591. The summed E-state index contributed by atoms with van der Waals surface area (Å²) >= 11 is 6.09. The predicted molar refractivity (Wildman–Crippen MR) is 64.6 cm³/mol. The monoisotopic (exact) mass is 227 g/mol. The maximum atomic E-state index is 6.09. The molecule has 0 aliphatic rings. The lowest BCUT2D eigenvalue weighted by Crippen LogP contribution is -2.24. The quantitative estimate of drug-likeness (QED) is 0.725. The van der Waals surface area contributed by atoms with Gasteiger partial charge >= 0.3 is 0 Å². The minimum absolute atomic E-state index is 0.591. The van der Waals surface area contributed by atoms with Crippen LogP contribution in [-0.4, -0.2) is 23.1 Å². The Balaban J connectivity index is 3.09. The number of anilines is 1. The normalized spacial score (nSPS) is 10.4. The van der Waals surface area contributed by atoms with Crippen LogP contribution < -0.4 is 4.90 Å². The average Bonchev–Trinajstić information content (AvgIpc) is 2.24. The second-order valence-electron chi connectivity index (χ2n) is 3.39. The molecule has 3 nitrogen and oxygen atoms in total. The van der Waals surface area contributed by atoms with E-state index < -0.39 is 0 Å². The molecule has 0 saturated carbocycles. The number of nitrogens with zero attached hydrogens (tertiary/aromatic N) is 3. The van der Waals surface area contributed by atoms with E-state index in [0.717, 1.165) is 37.3 Å². The fourth-order valence-electron chi connectivity index (χ4n) is 1.64. The number of aromatic nitrogens is 2. The van der Waals surface area contributed by atoms with Crippen molar-refractivity contribution in [2.45, 2.75) is 33.6 Å². The minimum Gasteiger partial charge on any atom is -0.357 e. The third kappa shape index (κ3) is 2.81. The standard InChI is InChI=1S/C11H18ClN3/c1-4-7-9-10(12)13-8-14-11(9)15(5-2)6-3/h8H,4-7H2,1-3H3. The van der Waals surface area contributed by atoms with Crippen molar-refractivity contribution >= 4 is 17.4 Å². The Morgan fingerprint density at radius 1 is 1.20 bits per heavy atom. The molecular formula is C11H18ClN3. The van der Waals surface area contributed by atoms with Gasteiger partial charge in [-0.15, -0.1) is 0 Å². The summed E-state index contributed by atoms with van der Waals surface area (Å²) in [6.07, 6.45) is 3.53. The molecule has 84 valence electrons. The fraction of sp³-hybridized carbons (Fsp3) is 0.636. The first-order valence-electron chi connectivity index (χ1n) is 5.48. The Morgan fingerprint density at radius 2 is 1.87 bits per heavy atom. The van der Waals surface area contributed by atoms with Crippen LogP contribution in [-0.2, 0) is 6.42 Å². The SMILES string of the molecule is CCCc1c(Cl)ncnc1N(CC)CC. The zero-order valence-electron chi connectivity index (χ0n) is 9.63. The van der Waals surface area contributed by atoms with Crippen molar-refractivity contribution < 1.29 is 0 Å². The molecule has 1 aromatic heterocycles. The number of hydrogen-bond acceptors (Lipinski definition) is 3. The van der Waals surface area contributed by atoms with Crippen LogP contribution >= 0.6 is 11.6 Å². The molecule has 15 heavy (non-hydrogen) atoms. The summed E-state index contributed by atoms with van der Waals surface area (Å²) in [6, 6.07) is 0. The highest BCUT2D eigenvalue weighted by molar-refractivity contribution is 6.30. The second kappa shape index (κ2) is 5.91. The molecule has 0 atom stereocenters. The molecule has 1 rings (SSSR count). The maximum absolute atomic E-state index is 6.09. The summed E-state index contributed by atoms with van der Waals surface area (Å²) in [5.41, 5.74) is 1.07. The van der Waals surface area contributed by atoms with Crippen LogP contribution in [0, 0.1) is 0 Å². The number of halogens is 1. The average molecular weight is 228 g/mol. The Morgan fingerprint density at radius 3 is 2.40 bits per heavy atom. The van der Waals surface area contributed by atoms with Crippen LogP contribution in [0.5, 0.6) is 0 Å². The van der Waals surface area contributed by atoms with Gasteiger partial charge in [0.1, 0.15) is 17.3 Å². The molecule has 0 fully saturated rings. The summed E-state index contributed by atoms with van der Waals surface area (Å²) in [6.45, 7) is 8.26. The van der Waals surface area contributed by atoms with Crippen LogP contribution in [0.15, 0.2) is 6.33 Å². The molecule has 0 unspecified atom stereocenters. The molecule has 0 aliphatic carbocycles. The smallest absolute Gasteiger partial charge is 0.137 e. The molecule has 0 amide bonds. The van der Waals surface area contributed by atoms with Gasteiger partial charge in [-0.05, 0) is 20.3 Å². The maximum Gasteiger partial charge on any atom is 0.137 e. The third-order valence-electron chi connectivity index (χ3n) is 2.43. The zero-order valence-corrected chi connectivity index (χ0v) is 10.4. The highest BCUT2D eigenvalue weighted by atomic mass is 35.5. The molecule has 0 saturated heterocycles. The van der Waals surface area contributed by atoms with Crippen LogP contribution in [0.1, 0.15) is 32.8 Å². The van der Waals surface area contributed by atoms with Gasteiger partial charge in [-0.25, -0.2) is 9.97 Å². The van der Waals surface area contributed by atoms with Gasteiger partial charge in [0, 0.05) is 18.7 Å². The highest BCUT2D eigenvalue weighted by Crippen LogP contribution is 2.24. The first-order valence-corrected chi connectivity index (χ1v) is 5.86. The van der Waals surface area contributed by atoms with Gasteiger partial charge in [0.15, 0.2) is 0 Å². The van der Waals surface area contributed by atoms with Crippen LogP contribution in [0.2, 0.25) is 5.15 Å². The molecule has 0 N–H and O–H groups in total. The molecule has 0 aliphatic heterocycles. The first-order chi connectivity index (χ1) is 7.24. The van der Waals surface area contributed by atoms with Crippen molar-refractivity contribution in [1.82, 2.24) is 9.97 Å². The van der Waals surface area contributed by atoms with E-state index in [1.54, 1.807) is 0 Å². The second-order valence-corrected chi connectivity index (χ2v) is 3.75. The van der Waals surface area contributed by atoms with Crippen LogP contribution in [0.4, 0.5) is 5.82 Å². The Bertz CT molecular complexity index is 311. The summed E-state index contributed by atoms with van der Waals surface area (Å²) in [4.78, 5) is 10.6. The molecular weight excluding hydrogens is 210 g/mol. The van der Waals surface area contributed by atoms with Gasteiger partial charge in [0.05, 0.1) is 0 Å². The molecule has 4 heteroatoms. The molecule has 0 aromatic carbocycles. The Labute approximate surface area is 96.5 Å². The van der Waals surface area contributed by atoms with Crippen molar-refractivity contribution in [2.24, 2.45) is 0 Å². The lowest BCUT2D eigenvalue weighted by molar-refractivity contribution is 0.812. The lowest BCUT2D eigenvalue weighted by Gasteiger charge is -2.22. The highest BCUT2D eigenvalue weighted by Gasteiger charge is 2.13. The number of rotatable bonds is 5. The van der Waals surface area contributed by atoms with Gasteiger partial charge in [0.2, 0.25) is 0 Å². The molecule has 0 radical (unpaired) electrons. The van der Waals surface area contributed by atoms with E-state index in [0.29, 0.717) is 5.15 Å². The summed E-state index contributed by atoms with van der Waals surface area (Å²) in [5, 5.41) is 0.591. The predicted octanol–water partition coefficient (Wildman–Crippen LogP) is 2.93. The van der Waals surface area contributed by atoms with Crippen molar-refractivity contribution in [3.8, 4) is 0 Å². The largest absolute Gasteiger partial charge is 0.357 e. The Kier molecular flexibility index (Phi) is 4.82. The summed E-state index contributed by atoms with van der Waals surface area (Å²) < 4.78 is 0.